The molecule has 2 atom stereocenters. The third-order valence-corrected chi connectivity index (χ3v) is 2.89. The molecule has 0 aliphatic heterocycles. The van der Waals surface area contributed by atoms with E-state index in [0.717, 1.165) is 5.56 Å². The van der Waals surface area contributed by atoms with Gasteiger partial charge in [-0.05, 0) is 13.0 Å². The number of para-hydroxylation sites is 1. The largest absolute Gasteiger partial charge is 0.493 e. The van der Waals surface area contributed by atoms with Gasteiger partial charge in [0.1, 0.15) is 12.7 Å². The molecule has 1 aromatic carbocycles. The fourth-order valence-corrected chi connectivity index (χ4v) is 1.83. The molecule has 6 nitrogen and oxygen atoms in total. The van der Waals surface area contributed by atoms with Crippen LogP contribution in [0.15, 0.2) is 18.2 Å². The molecule has 0 amide bonds. The molecular formula is C15H25NO5. The van der Waals surface area contributed by atoms with E-state index in [1.165, 1.54) is 0 Å². The standard InChI is InChI=1S/C15H25NO5/c1-11(8-18-2)20-9-13(17)10-21-15-12(7-16)5-4-6-14(15)19-3/h4-6,11,13,17H,7-10,16H2,1-3H3. The Morgan fingerprint density at radius 3 is 2.57 bits per heavy atom. The molecule has 21 heavy (non-hydrogen) atoms. The smallest absolute Gasteiger partial charge is 0.165 e. The van der Waals surface area contributed by atoms with Crippen molar-refractivity contribution in [3.8, 4) is 11.5 Å². The molecule has 0 aliphatic rings. The minimum Gasteiger partial charge on any atom is -0.493 e. The van der Waals surface area contributed by atoms with Crippen LogP contribution in [0.4, 0.5) is 0 Å². The maximum absolute atomic E-state index is 9.89. The van der Waals surface area contributed by atoms with Crippen molar-refractivity contribution in [2.24, 2.45) is 5.73 Å². The highest BCUT2D eigenvalue weighted by Crippen LogP contribution is 2.30. The van der Waals surface area contributed by atoms with Crippen LogP contribution < -0.4 is 15.2 Å². The average Bonchev–Trinajstić information content (AvgIpc) is 2.50. The van der Waals surface area contributed by atoms with Crippen molar-refractivity contribution >= 4 is 0 Å². The van der Waals surface area contributed by atoms with Crippen molar-refractivity contribution < 1.29 is 24.1 Å². The lowest BCUT2D eigenvalue weighted by molar-refractivity contribution is -0.0425. The normalized spacial score (nSPS) is 13.8. The van der Waals surface area contributed by atoms with Gasteiger partial charge in [-0.15, -0.1) is 0 Å². The Bertz CT molecular complexity index is 391. The zero-order chi connectivity index (χ0) is 15.7. The summed E-state index contributed by atoms with van der Waals surface area (Å²) >= 11 is 0. The van der Waals surface area contributed by atoms with Gasteiger partial charge in [0.25, 0.3) is 0 Å². The zero-order valence-electron chi connectivity index (χ0n) is 12.9. The first-order valence-corrected chi connectivity index (χ1v) is 6.89. The molecule has 0 bridgehead atoms. The molecule has 0 aromatic heterocycles. The van der Waals surface area contributed by atoms with Crippen LogP contribution in [0.2, 0.25) is 0 Å². The molecular weight excluding hydrogens is 274 g/mol. The highest BCUT2D eigenvalue weighted by Gasteiger charge is 2.13. The number of aliphatic hydroxyl groups excluding tert-OH is 1. The zero-order valence-corrected chi connectivity index (χ0v) is 12.9. The van der Waals surface area contributed by atoms with Crippen LogP contribution in [-0.4, -0.2) is 51.4 Å². The van der Waals surface area contributed by atoms with E-state index in [2.05, 4.69) is 0 Å². The maximum Gasteiger partial charge on any atom is 0.165 e. The predicted molar refractivity (Wildman–Crippen MR) is 79.7 cm³/mol. The number of aliphatic hydroxyl groups is 1. The van der Waals surface area contributed by atoms with Gasteiger partial charge in [-0.3, -0.25) is 0 Å². The second kappa shape index (κ2) is 9.57. The summed E-state index contributed by atoms with van der Waals surface area (Å²) < 4.78 is 21.3. The Hall–Kier alpha value is -1.34. The van der Waals surface area contributed by atoms with Crippen LogP contribution >= 0.6 is 0 Å². The third-order valence-electron chi connectivity index (χ3n) is 2.89. The molecule has 2 unspecified atom stereocenters. The minimum absolute atomic E-state index is 0.0736. The molecule has 0 saturated heterocycles. The van der Waals surface area contributed by atoms with E-state index in [0.29, 0.717) is 24.7 Å². The van der Waals surface area contributed by atoms with Crippen LogP contribution in [-0.2, 0) is 16.0 Å². The molecule has 3 N–H and O–H groups in total. The van der Waals surface area contributed by atoms with Gasteiger partial charge < -0.3 is 29.8 Å². The first-order valence-electron chi connectivity index (χ1n) is 6.89. The van der Waals surface area contributed by atoms with Crippen molar-refractivity contribution in [1.82, 2.24) is 0 Å². The molecule has 0 saturated carbocycles. The van der Waals surface area contributed by atoms with Gasteiger partial charge in [-0.2, -0.15) is 0 Å². The van der Waals surface area contributed by atoms with Gasteiger partial charge in [0, 0.05) is 19.2 Å². The summed E-state index contributed by atoms with van der Waals surface area (Å²) in [4.78, 5) is 0. The van der Waals surface area contributed by atoms with E-state index in [4.69, 9.17) is 24.7 Å². The molecule has 120 valence electrons. The van der Waals surface area contributed by atoms with E-state index >= 15 is 0 Å². The van der Waals surface area contributed by atoms with Gasteiger partial charge in [-0.25, -0.2) is 0 Å². The van der Waals surface area contributed by atoms with E-state index in [-0.39, 0.29) is 19.3 Å². The Morgan fingerprint density at radius 1 is 1.19 bits per heavy atom. The molecule has 1 rings (SSSR count). The number of hydrogen-bond donors (Lipinski definition) is 2. The van der Waals surface area contributed by atoms with E-state index in [9.17, 15) is 5.11 Å². The van der Waals surface area contributed by atoms with Gasteiger partial charge in [0.2, 0.25) is 0 Å². The first-order chi connectivity index (χ1) is 10.1. The van der Waals surface area contributed by atoms with Crippen molar-refractivity contribution in [2.45, 2.75) is 25.7 Å². The summed E-state index contributed by atoms with van der Waals surface area (Å²) in [5.74, 6) is 1.16. The quantitative estimate of drug-likeness (QED) is 0.669. The molecule has 6 heteroatoms. The summed E-state index contributed by atoms with van der Waals surface area (Å²) in [6.45, 7) is 2.98. The number of hydrogen-bond acceptors (Lipinski definition) is 6. The maximum atomic E-state index is 9.89. The van der Waals surface area contributed by atoms with Crippen molar-refractivity contribution in [3.05, 3.63) is 23.8 Å². The van der Waals surface area contributed by atoms with Crippen molar-refractivity contribution in [2.75, 3.05) is 34.0 Å². The van der Waals surface area contributed by atoms with Gasteiger partial charge >= 0.3 is 0 Å². The molecule has 1 aromatic rings. The van der Waals surface area contributed by atoms with E-state index in [1.54, 1.807) is 20.3 Å². The molecule has 0 heterocycles. The molecule has 0 aliphatic carbocycles. The van der Waals surface area contributed by atoms with Gasteiger partial charge in [0.05, 0.1) is 26.4 Å². The SMILES string of the molecule is COCC(C)OCC(O)COc1c(CN)cccc1OC. The van der Waals surface area contributed by atoms with Gasteiger partial charge in [-0.1, -0.05) is 12.1 Å². The molecule has 0 fully saturated rings. The fraction of sp³-hybridized carbons (Fsp3) is 0.600. The van der Waals surface area contributed by atoms with Crippen LogP contribution in [0.3, 0.4) is 0 Å². The van der Waals surface area contributed by atoms with Crippen molar-refractivity contribution in [1.29, 1.82) is 0 Å². The molecule has 0 spiro atoms. The van der Waals surface area contributed by atoms with E-state index < -0.39 is 6.10 Å². The second-order valence-corrected chi connectivity index (χ2v) is 4.72. The number of nitrogens with two attached hydrogens (primary N) is 1. The summed E-state index contributed by atoms with van der Waals surface area (Å²) in [6, 6.07) is 5.50. The number of rotatable bonds is 10. The van der Waals surface area contributed by atoms with Gasteiger partial charge in [0.15, 0.2) is 11.5 Å². The first kappa shape index (κ1) is 17.7. The number of ether oxygens (including phenoxy) is 4. The number of methoxy groups -OCH3 is 2. The number of benzene rings is 1. The lowest BCUT2D eigenvalue weighted by Crippen LogP contribution is -2.27. The predicted octanol–water partition coefficient (Wildman–Crippen LogP) is 0.945. The summed E-state index contributed by atoms with van der Waals surface area (Å²) in [5.41, 5.74) is 6.50. The van der Waals surface area contributed by atoms with Crippen LogP contribution in [0, 0.1) is 0 Å². The van der Waals surface area contributed by atoms with E-state index in [1.807, 2.05) is 19.1 Å². The van der Waals surface area contributed by atoms with Crippen LogP contribution in [0.25, 0.3) is 0 Å². The topological polar surface area (TPSA) is 83.2 Å². The lowest BCUT2D eigenvalue weighted by Gasteiger charge is -2.18. The Morgan fingerprint density at radius 2 is 1.95 bits per heavy atom. The summed E-state index contributed by atoms with van der Waals surface area (Å²) in [5, 5.41) is 9.89. The second-order valence-electron chi connectivity index (χ2n) is 4.72. The molecule has 0 radical (unpaired) electrons. The lowest BCUT2D eigenvalue weighted by atomic mass is 10.2. The summed E-state index contributed by atoms with van der Waals surface area (Å²) in [7, 11) is 3.17. The third kappa shape index (κ3) is 5.89. The van der Waals surface area contributed by atoms with Crippen molar-refractivity contribution in [3.63, 3.8) is 0 Å². The average molecular weight is 299 g/mol. The highest BCUT2D eigenvalue weighted by molar-refractivity contribution is 5.46. The monoisotopic (exact) mass is 299 g/mol. The summed E-state index contributed by atoms with van der Waals surface area (Å²) in [6.07, 6.45) is -0.810. The van der Waals surface area contributed by atoms with Crippen LogP contribution in [0.5, 0.6) is 11.5 Å². The van der Waals surface area contributed by atoms with Crippen LogP contribution in [0.1, 0.15) is 12.5 Å². The minimum atomic E-state index is -0.736. The Labute approximate surface area is 125 Å². The highest BCUT2D eigenvalue weighted by atomic mass is 16.5. The fourth-order valence-electron chi connectivity index (χ4n) is 1.83. The Kier molecular flexibility index (Phi) is 8.07. The Balaban J connectivity index is 2.51.